The number of aryl methyl sites for hydroxylation is 2. The van der Waals surface area contributed by atoms with Crippen LogP contribution in [-0.2, 0) is 6.42 Å². The Labute approximate surface area is 119 Å². The van der Waals surface area contributed by atoms with Crippen LogP contribution in [0.15, 0.2) is 48.0 Å². The lowest BCUT2D eigenvalue weighted by Crippen LogP contribution is -1.98. The molecule has 98 valence electrons. The Morgan fingerprint density at radius 1 is 0.750 bits per heavy atom. The molecule has 0 heteroatoms. The monoisotopic (exact) mass is 258 g/mol. The molecule has 0 aromatic heterocycles. The van der Waals surface area contributed by atoms with Gasteiger partial charge in [-0.15, -0.1) is 0 Å². The number of fused-ring (bicyclic) bond motifs is 5. The van der Waals surface area contributed by atoms with Gasteiger partial charge in [-0.1, -0.05) is 59.7 Å². The fourth-order valence-electron chi connectivity index (χ4n) is 3.36. The van der Waals surface area contributed by atoms with Crippen molar-refractivity contribution >= 4 is 27.6 Å². The van der Waals surface area contributed by atoms with Crippen molar-refractivity contribution in [2.75, 3.05) is 0 Å². The number of allylic oxidation sites excluding steroid dienone is 1. The lowest BCUT2D eigenvalue weighted by molar-refractivity contribution is 0.931. The van der Waals surface area contributed by atoms with Gasteiger partial charge in [-0.05, 0) is 59.4 Å². The third-order valence-electron chi connectivity index (χ3n) is 4.49. The molecule has 1 aliphatic rings. The second kappa shape index (κ2) is 4.21. The van der Waals surface area contributed by atoms with Gasteiger partial charge in [0.05, 0.1) is 0 Å². The van der Waals surface area contributed by atoms with Crippen LogP contribution in [0.3, 0.4) is 0 Å². The number of benzene rings is 3. The molecule has 0 spiro atoms. The molecule has 0 fully saturated rings. The predicted octanol–water partition coefficient (Wildman–Crippen LogP) is 5.65. The van der Waals surface area contributed by atoms with Crippen molar-refractivity contribution in [1.82, 2.24) is 0 Å². The van der Waals surface area contributed by atoms with E-state index in [4.69, 9.17) is 0 Å². The third-order valence-corrected chi connectivity index (χ3v) is 4.49. The SMILES string of the molecule is CC1=Cc2c(ccc3c2ccc2ccc(C)cc23)CC1. The second-order valence-corrected chi connectivity index (χ2v) is 6.01. The van der Waals surface area contributed by atoms with E-state index in [0.29, 0.717) is 0 Å². The molecule has 0 heterocycles. The molecule has 0 N–H and O–H groups in total. The van der Waals surface area contributed by atoms with Crippen molar-refractivity contribution < 1.29 is 0 Å². The molecule has 0 aliphatic heterocycles. The standard InChI is InChI=1S/C20H18/c1-13-3-5-15-7-10-18-17(19(15)11-13)9-8-16-6-4-14(2)12-20(16)18/h3,5,7-12H,4,6H2,1-2H3. The molecular formula is C20H18. The Bertz CT molecular complexity index is 866. The van der Waals surface area contributed by atoms with Gasteiger partial charge >= 0.3 is 0 Å². The summed E-state index contributed by atoms with van der Waals surface area (Å²) in [5.74, 6) is 0. The summed E-state index contributed by atoms with van der Waals surface area (Å²) in [4.78, 5) is 0. The lowest BCUT2D eigenvalue weighted by atomic mass is 9.87. The van der Waals surface area contributed by atoms with E-state index in [0.717, 1.165) is 0 Å². The number of hydrogen-bond donors (Lipinski definition) is 0. The Kier molecular flexibility index (Phi) is 2.47. The average Bonchev–Trinajstić information content (AvgIpc) is 2.46. The van der Waals surface area contributed by atoms with E-state index in [9.17, 15) is 0 Å². The largest absolute Gasteiger partial charge is 0.0724 e. The average molecular weight is 258 g/mol. The van der Waals surface area contributed by atoms with Gasteiger partial charge in [-0.3, -0.25) is 0 Å². The highest BCUT2D eigenvalue weighted by molar-refractivity contribution is 6.10. The first kappa shape index (κ1) is 11.7. The van der Waals surface area contributed by atoms with Gasteiger partial charge in [0.2, 0.25) is 0 Å². The van der Waals surface area contributed by atoms with E-state index < -0.39 is 0 Å². The maximum atomic E-state index is 2.38. The summed E-state index contributed by atoms with van der Waals surface area (Å²) in [5, 5.41) is 5.50. The van der Waals surface area contributed by atoms with Crippen LogP contribution in [0.5, 0.6) is 0 Å². The van der Waals surface area contributed by atoms with Crippen molar-refractivity contribution in [3.8, 4) is 0 Å². The van der Waals surface area contributed by atoms with E-state index in [1.807, 2.05) is 0 Å². The van der Waals surface area contributed by atoms with Crippen molar-refractivity contribution in [2.45, 2.75) is 26.7 Å². The van der Waals surface area contributed by atoms with Crippen molar-refractivity contribution in [2.24, 2.45) is 0 Å². The van der Waals surface area contributed by atoms with Crippen molar-refractivity contribution in [1.29, 1.82) is 0 Å². The molecule has 20 heavy (non-hydrogen) atoms. The summed E-state index contributed by atoms with van der Waals surface area (Å²) in [5.41, 5.74) is 5.76. The van der Waals surface area contributed by atoms with E-state index in [-0.39, 0.29) is 0 Å². The minimum atomic E-state index is 1.18. The first-order valence-electron chi connectivity index (χ1n) is 7.34. The zero-order valence-electron chi connectivity index (χ0n) is 12.0. The molecule has 3 aromatic carbocycles. The quantitative estimate of drug-likeness (QED) is 0.457. The molecule has 4 rings (SSSR count). The molecule has 0 amide bonds. The maximum Gasteiger partial charge on any atom is -0.00991 e. The number of hydrogen-bond acceptors (Lipinski definition) is 0. The normalized spacial score (nSPS) is 14.4. The van der Waals surface area contributed by atoms with Crippen LogP contribution in [0.2, 0.25) is 0 Å². The molecule has 0 atom stereocenters. The van der Waals surface area contributed by atoms with Crippen molar-refractivity contribution in [3.63, 3.8) is 0 Å². The predicted molar refractivity (Wildman–Crippen MR) is 88.2 cm³/mol. The Balaban J connectivity index is 2.16. The Morgan fingerprint density at radius 3 is 2.45 bits per heavy atom. The van der Waals surface area contributed by atoms with E-state index in [1.165, 1.54) is 56.6 Å². The second-order valence-electron chi connectivity index (χ2n) is 6.01. The molecule has 0 saturated carbocycles. The van der Waals surface area contributed by atoms with Crippen LogP contribution in [0.4, 0.5) is 0 Å². The summed E-state index contributed by atoms with van der Waals surface area (Å²) >= 11 is 0. The van der Waals surface area contributed by atoms with Crippen LogP contribution in [0, 0.1) is 6.92 Å². The first-order chi connectivity index (χ1) is 9.72. The van der Waals surface area contributed by atoms with Crippen LogP contribution < -0.4 is 0 Å². The fraction of sp³-hybridized carbons (Fsp3) is 0.200. The van der Waals surface area contributed by atoms with Gasteiger partial charge in [0.1, 0.15) is 0 Å². The summed E-state index contributed by atoms with van der Waals surface area (Å²) in [6.07, 6.45) is 4.76. The van der Waals surface area contributed by atoms with E-state index >= 15 is 0 Å². The molecule has 1 aliphatic carbocycles. The zero-order chi connectivity index (χ0) is 13.7. The molecule has 3 aromatic rings. The van der Waals surface area contributed by atoms with Crippen LogP contribution >= 0.6 is 0 Å². The van der Waals surface area contributed by atoms with Crippen LogP contribution in [0.1, 0.15) is 30.0 Å². The number of rotatable bonds is 0. The summed E-state index contributed by atoms with van der Waals surface area (Å²) in [7, 11) is 0. The highest BCUT2D eigenvalue weighted by Crippen LogP contribution is 2.34. The van der Waals surface area contributed by atoms with E-state index in [2.05, 4.69) is 62.4 Å². The molecule has 0 unspecified atom stereocenters. The summed E-state index contributed by atoms with van der Waals surface area (Å²) < 4.78 is 0. The lowest BCUT2D eigenvalue weighted by Gasteiger charge is -2.17. The Hall–Kier alpha value is -2.08. The van der Waals surface area contributed by atoms with Gasteiger partial charge in [0.15, 0.2) is 0 Å². The van der Waals surface area contributed by atoms with Gasteiger partial charge in [0.25, 0.3) is 0 Å². The third kappa shape index (κ3) is 1.68. The van der Waals surface area contributed by atoms with Gasteiger partial charge < -0.3 is 0 Å². The van der Waals surface area contributed by atoms with Crippen LogP contribution in [0.25, 0.3) is 27.6 Å². The highest BCUT2D eigenvalue weighted by atomic mass is 14.2. The fourth-order valence-corrected chi connectivity index (χ4v) is 3.36. The summed E-state index contributed by atoms with van der Waals surface area (Å²) in [6, 6.07) is 15.9. The first-order valence-corrected chi connectivity index (χ1v) is 7.34. The van der Waals surface area contributed by atoms with Gasteiger partial charge in [-0.2, -0.15) is 0 Å². The molecule has 0 bridgehead atoms. The minimum absolute atomic E-state index is 1.18. The maximum absolute atomic E-state index is 2.38. The van der Waals surface area contributed by atoms with E-state index in [1.54, 1.807) is 0 Å². The minimum Gasteiger partial charge on any atom is -0.0724 e. The van der Waals surface area contributed by atoms with Crippen molar-refractivity contribution in [3.05, 3.63) is 64.7 Å². The highest BCUT2D eigenvalue weighted by Gasteiger charge is 2.12. The topological polar surface area (TPSA) is 0 Å². The molecule has 0 saturated heterocycles. The molecule has 0 nitrogen and oxygen atoms in total. The summed E-state index contributed by atoms with van der Waals surface area (Å²) in [6.45, 7) is 4.41. The zero-order valence-corrected chi connectivity index (χ0v) is 12.0. The molecule has 0 radical (unpaired) electrons. The van der Waals surface area contributed by atoms with Gasteiger partial charge in [-0.25, -0.2) is 0 Å². The van der Waals surface area contributed by atoms with Crippen LogP contribution in [-0.4, -0.2) is 0 Å². The van der Waals surface area contributed by atoms with Gasteiger partial charge in [0, 0.05) is 0 Å². The Morgan fingerprint density at radius 2 is 1.55 bits per heavy atom. The molecular weight excluding hydrogens is 240 g/mol. The smallest absolute Gasteiger partial charge is 0.00991 e.